The molecule has 4 nitrogen and oxygen atoms in total. The van der Waals surface area contributed by atoms with Gasteiger partial charge in [0.05, 0.1) is 0 Å². The van der Waals surface area contributed by atoms with Crippen LogP contribution in [0, 0.1) is 0 Å². The fourth-order valence-electron chi connectivity index (χ4n) is 2.38. The molecule has 0 bridgehead atoms. The molecule has 0 aromatic heterocycles. The van der Waals surface area contributed by atoms with Crippen molar-refractivity contribution in [2.75, 3.05) is 45.6 Å². The number of ketones is 1. The first-order valence-electron chi connectivity index (χ1n) is 6.80. The molecule has 104 valence electrons. The fraction of sp³-hybridized carbons (Fsp3) is 0.533. The number of benzene rings is 1. The Morgan fingerprint density at radius 1 is 1.26 bits per heavy atom. The van der Waals surface area contributed by atoms with Gasteiger partial charge in [0.1, 0.15) is 0 Å². The fourth-order valence-corrected chi connectivity index (χ4v) is 2.38. The van der Waals surface area contributed by atoms with Gasteiger partial charge in [0, 0.05) is 43.5 Å². The molecule has 0 amide bonds. The van der Waals surface area contributed by atoms with Gasteiger partial charge in [-0.15, -0.1) is 0 Å². The Morgan fingerprint density at radius 3 is 2.58 bits per heavy atom. The molecule has 1 unspecified atom stereocenters. The molecule has 1 saturated heterocycles. The number of hydrogen-bond donors (Lipinski definition) is 1. The molecule has 0 aliphatic carbocycles. The van der Waals surface area contributed by atoms with Crippen LogP contribution in [0.2, 0.25) is 0 Å². The van der Waals surface area contributed by atoms with Crippen LogP contribution in [0.5, 0.6) is 0 Å². The van der Waals surface area contributed by atoms with Crippen LogP contribution in [0.3, 0.4) is 0 Å². The van der Waals surface area contributed by atoms with Crippen LogP contribution in [0.1, 0.15) is 17.3 Å². The van der Waals surface area contributed by atoms with Gasteiger partial charge in [-0.05, 0) is 45.3 Å². The maximum absolute atomic E-state index is 11.2. The predicted molar refractivity (Wildman–Crippen MR) is 78.9 cm³/mol. The zero-order chi connectivity index (χ0) is 13.8. The summed E-state index contributed by atoms with van der Waals surface area (Å²) in [6.45, 7) is 5.87. The lowest BCUT2D eigenvalue weighted by Crippen LogP contribution is -2.52. The first kappa shape index (κ1) is 14.0. The summed E-state index contributed by atoms with van der Waals surface area (Å²) in [5.41, 5.74) is 1.84. The molecule has 1 aromatic carbocycles. The van der Waals surface area contributed by atoms with Crippen molar-refractivity contribution >= 4 is 11.5 Å². The van der Waals surface area contributed by atoms with Crippen molar-refractivity contribution in [3.63, 3.8) is 0 Å². The van der Waals surface area contributed by atoms with E-state index in [1.807, 2.05) is 24.3 Å². The normalized spacial score (nSPS) is 21.3. The lowest BCUT2D eigenvalue weighted by molar-refractivity contribution is 0.101. The third-order valence-electron chi connectivity index (χ3n) is 3.81. The van der Waals surface area contributed by atoms with E-state index in [0.717, 1.165) is 37.4 Å². The van der Waals surface area contributed by atoms with Crippen molar-refractivity contribution in [2.45, 2.75) is 13.0 Å². The van der Waals surface area contributed by atoms with E-state index in [0.29, 0.717) is 6.04 Å². The van der Waals surface area contributed by atoms with E-state index in [4.69, 9.17) is 0 Å². The molecule has 1 N–H and O–H groups in total. The van der Waals surface area contributed by atoms with Gasteiger partial charge in [0.2, 0.25) is 0 Å². The summed E-state index contributed by atoms with van der Waals surface area (Å²) in [5, 5.41) is 3.45. The molecule has 0 spiro atoms. The highest BCUT2D eigenvalue weighted by Crippen LogP contribution is 2.12. The van der Waals surface area contributed by atoms with E-state index in [1.165, 1.54) is 0 Å². The van der Waals surface area contributed by atoms with E-state index in [-0.39, 0.29) is 5.78 Å². The summed E-state index contributed by atoms with van der Waals surface area (Å²) in [4.78, 5) is 16.0. The van der Waals surface area contributed by atoms with E-state index in [9.17, 15) is 4.79 Å². The molecule has 0 radical (unpaired) electrons. The predicted octanol–water partition coefficient (Wildman–Crippen LogP) is 1.55. The van der Waals surface area contributed by atoms with Crippen molar-refractivity contribution in [1.82, 2.24) is 9.80 Å². The average molecular weight is 261 g/mol. The summed E-state index contributed by atoms with van der Waals surface area (Å²) in [5.74, 6) is 0.111. The van der Waals surface area contributed by atoms with Crippen molar-refractivity contribution in [3.05, 3.63) is 29.8 Å². The van der Waals surface area contributed by atoms with Crippen LogP contribution >= 0.6 is 0 Å². The molecule has 1 atom stereocenters. The Bertz CT molecular complexity index is 430. The van der Waals surface area contributed by atoms with Gasteiger partial charge in [-0.3, -0.25) is 9.69 Å². The maximum atomic E-state index is 11.2. The molecule has 2 rings (SSSR count). The summed E-state index contributed by atoms with van der Waals surface area (Å²) in [7, 11) is 4.35. The van der Waals surface area contributed by atoms with Crippen molar-refractivity contribution in [2.24, 2.45) is 0 Å². The van der Waals surface area contributed by atoms with Crippen molar-refractivity contribution < 1.29 is 4.79 Å². The van der Waals surface area contributed by atoms with E-state index < -0.39 is 0 Å². The Hall–Kier alpha value is -1.39. The number of nitrogens with zero attached hydrogens (tertiary/aromatic N) is 2. The zero-order valence-electron chi connectivity index (χ0n) is 12.0. The molecular formula is C15H23N3O. The third-order valence-corrected chi connectivity index (χ3v) is 3.81. The van der Waals surface area contributed by atoms with Gasteiger partial charge in [0.15, 0.2) is 5.78 Å². The Labute approximate surface area is 115 Å². The molecule has 19 heavy (non-hydrogen) atoms. The lowest BCUT2D eigenvalue weighted by Gasteiger charge is -2.37. The van der Waals surface area contributed by atoms with Crippen LogP contribution in [0.15, 0.2) is 24.3 Å². The van der Waals surface area contributed by atoms with Gasteiger partial charge in [-0.1, -0.05) is 0 Å². The molecule has 0 saturated carbocycles. The maximum Gasteiger partial charge on any atom is 0.159 e. The smallest absolute Gasteiger partial charge is 0.159 e. The number of likely N-dealkylation sites (N-methyl/N-ethyl adjacent to an activating group) is 2. The van der Waals surface area contributed by atoms with E-state index >= 15 is 0 Å². The molecule has 4 heteroatoms. The third kappa shape index (κ3) is 3.78. The van der Waals surface area contributed by atoms with Gasteiger partial charge in [-0.2, -0.15) is 0 Å². The molecule has 1 aromatic rings. The summed E-state index contributed by atoms with van der Waals surface area (Å²) in [6.07, 6.45) is 0. The highest BCUT2D eigenvalue weighted by atomic mass is 16.1. The minimum Gasteiger partial charge on any atom is -0.383 e. The number of Topliss-reactive ketones (excluding diaryl/α,β-unsaturated/α-hetero) is 1. The van der Waals surface area contributed by atoms with Crippen LogP contribution in [0.4, 0.5) is 5.69 Å². The minimum atomic E-state index is 0.111. The first-order valence-corrected chi connectivity index (χ1v) is 6.80. The van der Waals surface area contributed by atoms with Crippen LogP contribution < -0.4 is 5.32 Å². The Morgan fingerprint density at radius 2 is 1.95 bits per heavy atom. The van der Waals surface area contributed by atoms with Crippen LogP contribution in [0.25, 0.3) is 0 Å². The molecule has 1 aliphatic rings. The number of anilines is 1. The quantitative estimate of drug-likeness (QED) is 0.834. The Balaban J connectivity index is 1.89. The second kappa shape index (κ2) is 6.17. The van der Waals surface area contributed by atoms with Gasteiger partial charge < -0.3 is 10.2 Å². The highest BCUT2D eigenvalue weighted by molar-refractivity contribution is 5.94. The minimum absolute atomic E-state index is 0.111. The summed E-state index contributed by atoms with van der Waals surface area (Å²) in [6, 6.07) is 8.24. The average Bonchev–Trinajstić information content (AvgIpc) is 2.40. The second-order valence-corrected chi connectivity index (χ2v) is 5.41. The standard InChI is InChI=1S/C15H23N3O/c1-12(19)13-4-6-14(7-5-13)16-10-15-11-17(2)8-9-18(15)3/h4-7,15-16H,8-11H2,1-3H3. The summed E-state index contributed by atoms with van der Waals surface area (Å²) < 4.78 is 0. The topological polar surface area (TPSA) is 35.6 Å². The molecule has 1 aliphatic heterocycles. The molecule has 1 heterocycles. The number of piperazine rings is 1. The zero-order valence-corrected chi connectivity index (χ0v) is 12.0. The highest BCUT2D eigenvalue weighted by Gasteiger charge is 2.21. The van der Waals surface area contributed by atoms with Gasteiger partial charge >= 0.3 is 0 Å². The Kier molecular flexibility index (Phi) is 4.56. The van der Waals surface area contributed by atoms with Crippen LogP contribution in [-0.4, -0.2) is 61.9 Å². The number of carbonyl (C=O) groups is 1. The van der Waals surface area contributed by atoms with E-state index in [1.54, 1.807) is 6.92 Å². The monoisotopic (exact) mass is 261 g/mol. The van der Waals surface area contributed by atoms with Crippen molar-refractivity contribution in [1.29, 1.82) is 0 Å². The van der Waals surface area contributed by atoms with Crippen LogP contribution in [-0.2, 0) is 0 Å². The van der Waals surface area contributed by atoms with E-state index in [2.05, 4.69) is 29.2 Å². The number of nitrogens with one attached hydrogen (secondary N) is 1. The molecular weight excluding hydrogens is 238 g/mol. The first-order chi connectivity index (χ1) is 9.06. The van der Waals surface area contributed by atoms with Crippen molar-refractivity contribution in [3.8, 4) is 0 Å². The SMILES string of the molecule is CC(=O)c1ccc(NCC2CN(C)CCN2C)cc1. The van der Waals surface area contributed by atoms with Gasteiger partial charge in [0.25, 0.3) is 0 Å². The summed E-state index contributed by atoms with van der Waals surface area (Å²) >= 11 is 0. The largest absolute Gasteiger partial charge is 0.383 e. The lowest BCUT2D eigenvalue weighted by atomic mass is 10.1. The number of carbonyl (C=O) groups excluding carboxylic acids is 1. The van der Waals surface area contributed by atoms with Gasteiger partial charge in [-0.25, -0.2) is 0 Å². The second-order valence-electron chi connectivity index (χ2n) is 5.41. The molecule has 1 fully saturated rings. The number of hydrogen-bond acceptors (Lipinski definition) is 4. The number of rotatable bonds is 4.